The van der Waals surface area contributed by atoms with Gasteiger partial charge in [-0.25, -0.2) is 0 Å². The minimum atomic E-state index is -0.0649. The number of nitrogens with zero attached hydrogens (tertiary/aromatic N) is 2. The number of hydrogen-bond acceptors (Lipinski definition) is 3. The van der Waals surface area contributed by atoms with E-state index in [2.05, 4.69) is 121 Å². The molecule has 0 saturated heterocycles. The van der Waals surface area contributed by atoms with Crippen LogP contribution in [0.4, 0.5) is 11.4 Å². The van der Waals surface area contributed by atoms with E-state index in [4.69, 9.17) is 0 Å². The van der Waals surface area contributed by atoms with Gasteiger partial charge in [-0.05, 0) is 58.5 Å². The van der Waals surface area contributed by atoms with E-state index in [0.717, 1.165) is 23.4 Å². The molecule has 6 rings (SSSR count). The summed E-state index contributed by atoms with van der Waals surface area (Å²) in [6.45, 7) is 5.05. The average molecular weight is 459 g/mol. The number of anilines is 2. The van der Waals surface area contributed by atoms with Crippen molar-refractivity contribution in [2.24, 2.45) is 5.41 Å². The summed E-state index contributed by atoms with van der Waals surface area (Å²) in [5.41, 5.74) is 5.52. The number of carbonyl (C=O) groups excluding carboxylic acids is 1. The molecule has 2 aliphatic rings. The van der Waals surface area contributed by atoms with Crippen LogP contribution in [0.25, 0.3) is 10.8 Å². The molecular formula is C32H30N2O. The van der Waals surface area contributed by atoms with Crippen LogP contribution < -0.4 is 9.80 Å². The minimum Gasteiger partial charge on any atom is -0.342 e. The number of fused-ring (bicyclic) bond motifs is 1. The van der Waals surface area contributed by atoms with Crippen molar-refractivity contribution in [3.63, 3.8) is 0 Å². The highest BCUT2D eigenvalue weighted by molar-refractivity contribution is 6.00. The fourth-order valence-corrected chi connectivity index (χ4v) is 5.71. The highest BCUT2D eigenvalue weighted by Gasteiger charge is 2.43. The molecule has 0 radical (unpaired) electrons. The zero-order chi connectivity index (χ0) is 24.0. The number of benzene rings is 4. The highest BCUT2D eigenvalue weighted by atomic mass is 16.1. The van der Waals surface area contributed by atoms with Crippen LogP contribution in [0.1, 0.15) is 38.4 Å². The van der Waals surface area contributed by atoms with Crippen LogP contribution >= 0.6 is 0 Å². The topological polar surface area (TPSA) is 23.6 Å². The Morgan fingerprint density at radius 3 is 2.06 bits per heavy atom. The molecule has 0 fully saturated rings. The van der Waals surface area contributed by atoms with E-state index in [9.17, 15) is 4.79 Å². The van der Waals surface area contributed by atoms with E-state index in [1.54, 1.807) is 0 Å². The SMILES string of the molecule is CC1(C)CC(=O)C2=C(C1)N(c1ccccc1)C(c1ccc3ccccc3c1)N(c1ccccc1)C2. The van der Waals surface area contributed by atoms with Gasteiger partial charge < -0.3 is 9.80 Å². The molecule has 1 aliphatic heterocycles. The Bertz CT molecular complexity index is 1420. The quantitative estimate of drug-likeness (QED) is 0.317. The molecule has 0 N–H and O–H groups in total. The van der Waals surface area contributed by atoms with Crippen LogP contribution in [0, 0.1) is 5.41 Å². The predicted octanol–water partition coefficient (Wildman–Crippen LogP) is 7.51. The van der Waals surface area contributed by atoms with E-state index in [0.29, 0.717) is 13.0 Å². The van der Waals surface area contributed by atoms with Crippen molar-refractivity contribution in [2.75, 3.05) is 16.3 Å². The zero-order valence-electron chi connectivity index (χ0n) is 20.3. The van der Waals surface area contributed by atoms with E-state index in [1.807, 2.05) is 6.07 Å². The van der Waals surface area contributed by atoms with Crippen molar-refractivity contribution in [1.29, 1.82) is 0 Å². The molecule has 1 heterocycles. The maximum atomic E-state index is 13.5. The Morgan fingerprint density at radius 2 is 1.34 bits per heavy atom. The second-order valence-electron chi connectivity index (χ2n) is 10.5. The van der Waals surface area contributed by atoms with E-state index >= 15 is 0 Å². The molecule has 3 nitrogen and oxygen atoms in total. The van der Waals surface area contributed by atoms with Gasteiger partial charge in [-0.1, -0.05) is 86.6 Å². The normalized spacial score (nSPS) is 19.7. The van der Waals surface area contributed by atoms with Gasteiger partial charge >= 0.3 is 0 Å². The van der Waals surface area contributed by atoms with E-state index in [-0.39, 0.29) is 17.4 Å². The molecule has 0 aromatic heterocycles. The summed E-state index contributed by atoms with van der Waals surface area (Å²) in [6, 6.07) is 36.4. The molecule has 4 aromatic carbocycles. The van der Waals surface area contributed by atoms with Gasteiger partial charge in [-0.15, -0.1) is 0 Å². The number of allylic oxidation sites excluding steroid dienone is 1. The number of hydrogen-bond donors (Lipinski definition) is 0. The first-order valence-corrected chi connectivity index (χ1v) is 12.4. The Kier molecular flexibility index (Phi) is 5.21. The van der Waals surface area contributed by atoms with Crippen molar-refractivity contribution in [3.05, 3.63) is 120 Å². The van der Waals surface area contributed by atoms with Gasteiger partial charge in [0.2, 0.25) is 0 Å². The summed E-state index contributed by atoms with van der Waals surface area (Å²) in [6.07, 6.45) is 1.41. The Hall–Kier alpha value is -3.85. The van der Waals surface area contributed by atoms with Crippen LogP contribution in [0.15, 0.2) is 114 Å². The Labute approximate surface area is 207 Å². The second kappa shape index (κ2) is 8.42. The summed E-state index contributed by atoms with van der Waals surface area (Å²) in [5, 5.41) is 2.46. The molecule has 35 heavy (non-hydrogen) atoms. The van der Waals surface area contributed by atoms with Crippen LogP contribution in [0.2, 0.25) is 0 Å². The van der Waals surface area contributed by atoms with Gasteiger partial charge in [0.25, 0.3) is 0 Å². The molecule has 174 valence electrons. The van der Waals surface area contributed by atoms with Crippen LogP contribution in [-0.4, -0.2) is 12.3 Å². The fourth-order valence-electron chi connectivity index (χ4n) is 5.71. The minimum absolute atomic E-state index is 0.0637. The largest absolute Gasteiger partial charge is 0.342 e. The molecule has 1 atom stereocenters. The Balaban J connectivity index is 1.61. The van der Waals surface area contributed by atoms with E-state index in [1.165, 1.54) is 22.0 Å². The molecule has 4 aromatic rings. The molecule has 1 aliphatic carbocycles. The van der Waals surface area contributed by atoms with Gasteiger partial charge in [0.05, 0.1) is 6.54 Å². The molecular weight excluding hydrogens is 428 g/mol. The summed E-state index contributed by atoms with van der Waals surface area (Å²) in [7, 11) is 0. The van der Waals surface area contributed by atoms with Crippen LogP contribution in [0.5, 0.6) is 0 Å². The van der Waals surface area contributed by atoms with Crippen LogP contribution in [0.3, 0.4) is 0 Å². The third-order valence-corrected chi connectivity index (χ3v) is 7.32. The number of para-hydroxylation sites is 2. The molecule has 3 heteroatoms. The third kappa shape index (κ3) is 3.91. The van der Waals surface area contributed by atoms with Crippen LogP contribution in [-0.2, 0) is 4.79 Å². The van der Waals surface area contributed by atoms with Gasteiger partial charge in [0.15, 0.2) is 5.78 Å². The summed E-state index contributed by atoms with van der Waals surface area (Å²) in [5.74, 6) is 0.273. The molecule has 0 spiro atoms. The lowest BCUT2D eigenvalue weighted by Gasteiger charge is -2.51. The molecule has 0 saturated carbocycles. The summed E-state index contributed by atoms with van der Waals surface area (Å²) < 4.78 is 0. The molecule has 0 amide bonds. The van der Waals surface area contributed by atoms with Gasteiger partial charge in [0.1, 0.15) is 6.17 Å². The standard InChI is InChI=1S/C32H30N2O/c1-32(2)20-29-28(30(35)21-32)22-33(26-13-5-3-6-14-26)31(34(29)27-15-7-4-8-16-27)25-18-17-23-11-9-10-12-24(23)19-25/h3-19,31H,20-22H2,1-2H3. The monoisotopic (exact) mass is 458 g/mol. The summed E-state index contributed by atoms with van der Waals surface area (Å²) >= 11 is 0. The second-order valence-corrected chi connectivity index (χ2v) is 10.5. The maximum Gasteiger partial charge on any atom is 0.162 e. The third-order valence-electron chi connectivity index (χ3n) is 7.32. The molecule has 1 unspecified atom stereocenters. The first-order valence-electron chi connectivity index (χ1n) is 12.4. The summed E-state index contributed by atoms with van der Waals surface area (Å²) in [4.78, 5) is 18.3. The number of carbonyl (C=O) groups is 1. The zero-order valence-corrected chi connectivity index (χ0v) is 20.3. The Morgan fingerprint density at radius 1 is 0.714 bits per heavy atom. The first-order chi connectivity index (χ1) is 17.0. The fraction of sp³-hybridized carbons (Fsp3) is 0.219. The predicted molar refractivity (Wildman–Crippen MR) is 144 cm³/mol. The number of rotatable bonds is 3. The lowest BCUT2D eigenvalue weighted by molar-refractivity contribution is -0.118. The number of Topliss-reactive ketones (excluding diaryl/α,β-unsaturated/α-hetero) is 1. The highest BCUT2D eigenvalue weighted by Crippen LogP contribution is 2.48. The van der Waals surface area contributed by atoms with Crippen molar-refractivity contribution >= 4 is 27.9 Å². The molecule has 0 bridgehead atoms. The lowest BCUT2D eigenvalue weighted by atomic mass is 9.74. The smallest absolute Gasteiger partial charge is 0.162 e. The first kappa shape index (κ1) is 21.7. The van der Waals surface area contributed by atoms with Crippen molar-refractivity contribution < 1.29 is 4.79 Å². The van der Waals surface area contributed by atoms with Gasteiger partial charge in [0, 0.05) is 29.1 Å². The van der Waals surface area contributed by atoms with Crippen molar-refractivity contribution in [3.8, 4) is 0 Å². The van der Waals surface area contributed by atoms with Gasteiger partial charge in [-0.2, -0.15) is 0 Å². The van der Waals surface area contributed by atoms with Gasteiger partial charge in [-0.3, -0.25) is 4.79 Å². The average Bonchev–Trinajstić information content (AvgIpc) is 2.88. The maximum absolute atomic E-state index is 13.5. The van der Waals surface area contributed by atoms with E-state index < -0.39 is 0 Å². The number of ketones is 1. The van der Waals surface area contributed by atoms with Crippen molar-refractivity contribution in [1.82, 2.24) is 0 Å². The van der Waals surface area contributed by atoms with Crippen molar-refractivity contribution in [2.45, 2.75) is 32.9 Å². The lowest BCUT2D eigenvalue weighted by Crippen LogP contribution is -2.51.